The summed E-state index contributed by atoms with van der Waals surface area (Å²) in [6, 6.07) is 13.0. The van der Waals surface area contributed by atoms with Crippen LogP contribution in [0.5, 0.6) is 0 Å². The maximum atomic E-state index is 12.8. The minimum absolute atomic E-state index is 0.0104. The van der Waals surface area contributed by atoms with Gasteiger partial charge in [0.15, 0.2) is 0 Å². The first kappa shape index (κ1) is 17.9. The van der Waals surface area contributed by atoms with Gasteiger partial charge in [-0.1, -0.05) is 17.7 Å². The highest BCUT2D eigenvalue weighted by atomic mass is 16.2. The van der Waals surface area contributed by atoms with E-state index in [4.69, 9.17) is 0 Å². The fourth-order valence-electron chi connectivity index (χ4n) is 3.34. The molecule has 2 amide bonds. The average molecular weight is 375 g/mol. The number of hydrogen-bond acceptors (Lipinski definition) is 4. The largest absolute Gasteiger partial charge is 0.335 e. The van der Waals surface area contributed by atoms with Gasteiger partial charge in [0.1, 0.15) is 5.69 Å². The Morgan fingerprint density at radius 1 is 0.964 bits per heavy atom. The third kappa shape index (κ3) is 3.64. The van der Waals surface area contributed by atoms with E-state index in [9.17, 15) is 9.59 Å². The molecule has 0 saturated carbocycles. The van der Waals surface area contributed by atoms with Crippen LogP contribution in [0.3, 0.4) is 0 Å². The molecule has 1 saturated heterocycles. The predicted molar refractivity (Wildman–Crippen MR) is 105 cm³/mol. The molecule has 0 unspecified atom stereocenters. The van der Waals surface area contributed by atoms with Crippen molar-refractivity contribution in [2.75, 3.05) is 26.2 Å². The van der Waals surface area contributed by atoms with Crippen LogP contribution in [0.2, 0.25) is 0 Å². The van der Waals surface area contributed by atoms with Crippen LogP contribution in [0.15, 0.2) is 54.9 Å². The smallest absolute Gasteiger partial charge is 0.272 e. The van der Waals surface area contributed by atoms with Crippen molar-refractivity contribution in [1.82, 2.24) is 25.0 Å². The van der Waals surface area contributed by atoms with Crippen molar-refractivity contribution in [2.24, 2.45) is 0 Å². The summed E-state index contributed by atoms with van der Waals surface area (Å²) in [6.45, 7) is 4.00. The van der Waals surface area contributed by atoms with Gasteiger partial charge in [0.2, 0.25) is 0 Å². The first-order valence-electron chi connectivity index (χ1n) is 9.23. The molecule has 3 aromatic rings. The topological polar surface area (TPSA) is 82.2 Å². The van der Waals surface area contributed by atoms with Gasteiger partial charge in [-0.25, -0.2) is 0 Å². The monoisotopic (exact) mass is 375 g/mol. The van der Waals surface area contributed by atoms with Crippen LogP contribution in [0.25, 0.3) is 11.3 Å². The lowest BCUT2D eigenvalue weighted by Gasteiger charge is -2.34. The van der Waals surface area contributed by atoms with Crippen molar-refractivity contribution in [3.8, 4) is 11.3 Å². The number of H-pyrrole nitrogens is 1. The standard InChI is InChI=1S/C21H21N5O2/c1-15-4-2-5-16(12-15)20(27)25-8-10-26(11-9-25)21(28)19-13-18(23-24-19)17-6-3-7-22-14-17/h2-7,12-14H,8-11H2,1H3,(H,23,24). The Morgan fingerprint density at radius 3 is 2.39 bits per heavy atom. The minimum atomic E-state index is -0.106. The van der Waals surface area contributed by atoms with Gasteiger partial charge >= 0.3 is 0 Å². The number of pyridine rings is 1. The van der Waals surface area contributed by atoms with Gasteiger partial charge in [-0.15, -0.1) is 0 Å². The summed E-state index contributed by atoms with van der Waals surface area (Å²) in [5.41, 5.74) is 3.73. The average Bonchev–Trinajstić information content (AvgIpc) is 3.24. The fraction of sp³-hybridized carbons (Fsp3) is 0.238. The Kier molecular flexibility index (Phi) is 4.89. The van der Waals surface area contributed by atoms with Gasteiger partial charge in [0, 0.05) is 49.7 Å². The summed E-state index contributed by atoms with van der Waals surface area (Å²) in [7, 11) is 0. The number of rotatable bonds is 3. The van der Waals surface area contributed by atoms with Gasteiger partial charge in [0.05, 0.1) is 5.69 Å². The highest BCUT2D eigenvalue weighted by Gasteiger charge is 2.26. The predicted octanol–water partition coefficient (Wildman–Crippen LogP) is 2.38. The molecule has 1 aromatic carbocycles. The van der Waals surface area contributed by atoms with Crippen LogP contribution in [-0.4, -0.2) is 63.0 Å². The Labute approximate surface area is 163 Å². The van der Waals surface area contributed by atoms with E-state index in [2.05, 4.69) is 15.2 Å². The molecule has 0 bridgehead atoms. The lowest BCUT2D eigenvalue weighted by molar-refractivity contribution is 0.0532. The zero-order chi connectivity index (χ0) is 19.5. The van der Waals surface area contributed by atoms with Gasteiger partial charge in [0.25, 0.3) is 11.8 Å². The second-order valence-electron chi connectivity index (χ2n) is 6.86. The van der Waals surface area contributed by atoms with Gasteiger partial charge < -0.3 is 9.80 Å². The number of carbonyl (C=O) groups is 2. The zero-order valence-corrected chi connectivity index (χ0v) is 15.6. The van der Waals surface area contributed by atoms with Gasteiger partial charge in [-0.2, -0.15) is 5.10 Å². The number of benzene rings is 1. The van der Waals surface area contributed by atoms with Crippen LogP contribution in [0.1, 0.15) is 26.4 Å². The number of aryl methyl sites for hydroxylation is 1. The molecule has 1 aliphatic heterocycles. The molecular weight excluding hydrogens is 354 g/mol. The lowest BCUT2D eigenvalue weighted by atomic mass is 10.1. The summed E-state index contributed by atoms with van der Waals surface area (Å²) >= 11 is 0. The summed E-state index contributed by atoms with van der Waals surface area (Å²) in [5, 5.41) is 7.03. The number of nitrogens with zero attached hydrogens (tertiary/aromatic N) is 4. The number of aromatic amines is 1. The number of carbonyl (C=O) groups excluding carboxylic acids is 2. The van der Waals surface area contributed by atoms with E-state index in [-0.39, 0.29) is 11.8 Å². The van der Waals surface area contributed by atoms with Crippen molar-refractivity contribution in [1.29, 1.82) is 0 Å². The molecule has 0 radical (unpaired) electrons. The molecule has 0 atom stereocenters. The van der Waals surface area contributed by atoms with Crippen molar-refractivity contribution in [3.05, 3.63) is 71.7 Å². The van der Waals surface area contributed by atoms with E-state index < -0.39 is 0 Å². The maximum absolute atomic E-state index is 12.8. The van der Waals surface area contributed by atoms with Crippen LogP contribution >= 0.6 is 0 Å². The Hall–Kier alpha value is -3.48. The molecule has 7 nitrogen and oxygen atoms in total. The first-order chi connectivity index (χ1) is 13.6. The van der Waals surface area contributed by atoms with Crippen molar-refractivity contribution >= 4 is 11.8 Å². The molecule has 28 heavy (non-hydrogen) atoms. The zero-order valence-electron chi connectivity index (χ0n) is 15.6. The summed E-state index contributed by atoms with van der Waals surface area (Å²) in [6.07, 6.45) is 3.40. The first-order valence-corrected chi connectivity index (χ1v) is 9.23. The van der Waals surface area contributed by atoms with Crippen LogP contribution in [0, 0.1) is 6.92 Å². The summed E-state index contributed by atoms with van der Waals surface area (Å²) < 4.78 is 0. The van der Waals surface area contributed by atoms with E-state index in [0.717, 1.165) is 11.1 Å². The van der Waals surface area contributed by atoms with E-state index >= 15 is 0 Å². The Balaban J connectivity index is 1.39. The van der Waals surface area contributed by atoms with Crippen LogP contribution in [0.4, 0.5) is 0 Å². The molecule has 4 rings (SSSR count). The van der Waals surface area contributed by atoms with E-state index in [1.165, 1.54) is 0 Å². The molecule has 2 aromatic heterocycles. The normalized spacial score (nSPS) is 14.2. The van der Waals surface area contributed by atoms with E-state index in [1.807, 2.05) is 43.3 Å². The molecule has 0 aliphatic carbocycles. The third-order valence-electron chi connectivity index (χ3n) is 4.88. The van der Waals surface area contributed by atoms with Gasteiger partial charge in [-0.05, 0) is 37.3 Å². The fourth-order valence-corrected chi connectivity index (χ4v) is 3.34. The van der Waals surface area contributed by atoms with E-state index in [1.54, 1.807) is 28.3 Å². The number of hydrogen-bond donors (Lipinski definition) is 1. The second-order valence-corrected chi connectivity index (χ2v) is 6.86. The third-order valence-corrected chi connectivity index (χ3v) is 4.88. The number of piperazine rings is 1. The van der Waals surface area contributed by atoms with Crippen molar-refractivity contribution < 1.29 is 9.59 Å². The molecule has 3 heterocycles. The Bertz CT molecular complexity index is 991. The lowest BCUT2D eigenvalue weighted by Crippen LogP contribution is -2.50. The number of nitrogens with one attached hydrogen (secondary N) is 1. The molecule has 142 valence electrons. The summed E-state index contributed by atoms with van der Waals surface area (Å²) in [4.78, 5) is 33.1. The molecule has 1 N–H and O–H groups in total. The maximum Gasteiger partial charge on any atom is 0.272 e. The van der Waals surface area contributed by atoms with Crippen LogP contribution in [-0.2, 0) is 0 Å². The second kappa shape index (κ2) is 7.64. The Morgan fingerprint density at radius 2 is 1.71 bits per heavy atom. The van der Waals surface area contributed by atoms with Crippen molar-refractivity contribution in [2.45, 2.75) is 6.92 Å². The minimum Gasteiger partial charge on any atom is -0.335 e. The molecule has 0 spiro atoms. The van der Waals surface area contributed by atoms with Crippen LogP contribution < -0.4 is 0 Å². The highest BCUT2D eigenvalue weighted by Crippen LogP contribution is 2.18. The molecule has 1 aliphatic rings. The number of aromatic nitrogens is 3. The van der Waals surface area contributed by atoms with Crippen molar-refractivity contribution in [3.63, 3.8) is 0 Å². The van der Waals surface area contributed by atoms with E-state index in [0.29, 0.717) is 43.1 Å². The molecule has 7 heteroatoms. The molecule has 1 fully saturated rings. The highest BCUT2D eigenvalue weighted by molar-refractivity contribution is 5.95. The van der Waals surface area contributed by atoms with Gasteiger partial charge in [-0.3, -0.25) is 19.7 Å². The number of amides is 2. The quantitative estimate of drug-likeness (QED) is 0.762. The summed E-state index contributed by atoms with van der Waals surface area (Å²) in [5.74, 6) is -0.0958. The SMILES string of the molecule is Cc1cccc(C(=O)N2CCN(C(=O)c3cc(-c4cccnc4)n[nH]3)CC2)c1. The molecular formula is C21H21N5O2.